The number of rotatable bonds is 2. The molecule has 0 atom stereocenters. The lowest BCUT2D eigenvalue weighted by Gasteiger charge is -1.98. The Labute approximate surface area is 116 Å². The summed E-state index contributed by atoms with van der Waals surface area (Å²) in [5, 5.41) is 3.63. The van der Waals surface area contributed by atoms with Crippen LogP contribution in [0.3, 0.4) is 0 Å². The van der Waals surface area contributed by atoms with Gasteiger partial charge in [-0.25, -0.2) is 4.98 Å². The van der Waals surface area contributed by atoms with Gasteiger partial charge in [0.1, 0.15) is 5.01 Å². The van der Waals surface area contributed by atoms with E-state index in [1.807, 2.05) is 29.6 Å². The number of hydrogen-bond acceptors (Lipinski definition) is 3. The van der Waals surface area contributed by atoms with Gasteiger partial charge in [0.15, 0.2) is 0 Å². The highest BCUT2D eigenvalue weighted by Gasteiger charge is 2.06. The van der Waals surface area contributed by atoms with Crippen molar-refractivity contribution in [1.29, 1.82) is 0 Å². The third kappa shape index (κ3) is 3.34. The highest BCUT2D eigenvalue weighted by atomic mass is 35.5. The molecule has 0 radical (unpaired) electrons. The Morgan fingerprint density at radius 1 is 1.25 bits per heavy atom. The standard InChI is InChI=1S/C10H9ClN2S.2ClH/c11-8-4-2-1-3-7(8)9-6-14-10(5-12)13-9;;/h1-4,6H,5,12H2;2*1H. The molecule has 88 valence electrons. The van der Waals surface area contributed by atoms with Gasteiger partial charge >= 0.3 is 0 Å². The van der Waals surface area contributed by atoms with E-state index >= 15 is 0 Å². The fraction of sp³-hybridized carbons (Fsp3) is 0.100. The van der Waals surface area contributed by atoms with Crippen LogP contribution in [-0.4, -0.2) is 4.98 Å². The Hall–Kier alpha value is -0.320. The van der Waals surface area contributed by atoms with Crippen LogP contribution in [0, 0.1) is 0 Å². The van der Waals surface area contributed by atoms with Crippen molar-refractivity contribution in [3.63, 3.8) is 0 Å². The second-order valence-electron chi connectivity index (χ2n) is 2.81. The van der Waals surface area contributed by atoms with E-state index in [0.29, 0.717) is 6.54 Å². The molecule has 2 nitrogen and oxygen atoms in total. The molecular weight excluding hydrogens is 287 g/mol. The van der Waals surface area contributed by atoms with Crippen LogP contribution in [0.4, 0.5) is 0 Å². The van der Waals surface area contributed by atoms with Crippen molar-refractivity contribution in [1.82, 2.24) is 4.98 Å². The first-order valence-electron chi connectivity index (χ1n) is 4.20. The van der Waals surface area contributed by atoms with Crippen LogP contribution in [0.1, 0.15) is 5.01 Å². The third-order valence-corrected chi connectivity index (χ3v) is 3.08. The Kier molecular flexibility index (Phi) is 6.95. The van der Waals surface area contributed by atoms with E-state index in [2.05, 4.69) is 4.98 Å². The highest BCUT2D eigenvalue weighted by Crippen LogP contribution is 2.28. The quantitative estimate of drug-likeness (QED) is 0.916. The molecule has 1 heterocycles. The van der Waals surface area contributed by atoms with E-state index < -0.39 is 0 Å². The van der Waals surface area contributed by atoms with Crippen LogP contribution in [-0.2, 0) is 6.54 Å². The molecule has 0 spiro atoms. The predicted octanol–water partition coefficient (Wildman–Crippen LogP) is 3.77. The second-order valence-corrected chi connectivity index (χ2v) is 4.16. The number of hydrogen-bond donors (Lipinski definition) is 1. The summed E-state index contributed by atoms with van der Waals surface area (Å²) in [5.74, 6) is 0. The van der Waals surface area contributed by atoms with Gasteiger partial charge in [0.25, 0.3) is 0 Å². The summed E-state index contributed by atoms with van der Waals surface area (Å²) in [4.78, 5) is 4.37. The molecule has 16 heavy (non-hydrogen) atoms. The monoisotopic (exact) mass is 296 g/mol. The lowest BCUT2D eigenvalue weighted by atomic mass is 10.2. The minimum Gasteiger partial charge on any atom is -0.325 e. The summed E-state index contributed by atoms with van der Waals surface area (Å²) in [6.45, 7) is 0.481. The molecule has 0 aliphatic carbocycles. The van der Waals surface area contributed by atoms with Crippen molar-refractivity contribution in [2.24, 2.45) is 5.73 Å². The van der Waals surface area contributed by atoms with Gasteiger partial charge in [-0.3, -0.25) is 0 Å². The summed E-state index contributed by atoms with van der Waals surface area (Å²) in [7, 11) is 0. The van der Waals surface area contributed by atoms with Crippen LogP contribution >= 0.6 is 47.8 Å². The van der Waals surface area contributed by atoms with Gasteiger partial charge in [-0.2, -0.15) is 0 Å². The zero-order valence-corrected chi connectivity index (χ0v) is 11.4. The molecule has 2 aromatic rings. The maximum atomic E-state index is 6.04. The maximum absolute atomic E-state index is 6.04. The number of thiazole rings is 1. The van der Waals surface area contributed by atoms with Crippen LogP contribution in [0.5, 0.6) is 0 Å². The smallest absolute Gasteiger partial charge is 0.107 e. The van der Waals surface area contributed by atoms with Crippen molar-refractivity contribution in [3.8, 4) is 11.3 Å². The molecule has 2 N–H and O–H groups in total. The van der Waals surface area contributed by atoms with Crippen molar-refractivity contribution in [3.05, 3.63) is 39.7 Å². The van der Waals surface area contributed by atoms with E-state index in [9.17, 15) is 0 Å². The Morgan fingerprint density at radius 2 is 1.94 bits per heavy atom. The van der Waals surface area contributed by atoms with Gasteiger partial charge in [-0.05, 0) is 6.07 Å². The number of aromatic nitrogens is 1. The fourth-order valence-electron chi connectivity index (χ4n) is 1.20. The first kappa shape index (κ1) is 15.7. The summed E-state index contributed by atoms with van der Waals surface area (Å²) in [6.07, 6.45) is 0. The Bertz CT molecular complexity index is 445. The molecule has 0 amide bonds. The summed E-state index contributed by atoms with van der Waals surface area (Å²) >= 11 is 7.60. The van der Waals surface area contributed by atoms with E-state index in [4.69, 9.17) is 17.3 Å². The maximum Gasteiger partial charge on any atom is 0.107 e. The molecule has 0 aliphatic heterocycles. The SMILES string of the molecule is Cl.Cl.NCc1nc(-c2ccccc2Cl)cs1. The minimum absolute atomic E-state index is 0. The van der Waals surface area contributed by atoms with Crippen molar-refractivity contribution < 1.29 is 0 Å². The van der Waals surface area contributed by atoms with E-state index in [1.54, 1.807) is 11.3 Å². The average molecular weight is 298 g/mol. The van der Waals surface area contributed by atoms with Gasteiger partial charge in [-0.15, -0.1) is 36.2 Å². The van der Waals surface area contributed by atoms with Gasteiger partial charge in [-0.1, -0.05) is 29.8 Å². The summed E-state index contributed by atoms with van der Waals surface area (Å²) in [6, 6.07) is 7.67. The molecular formula is C10H11Cl3N2S. The number of nitrogens with zero attached hydrogens (tertiary/aromatic N) is 1. The Balaban J connectivity index is 0.00000112. The minimum atomic E-state index is 0. The van der Waals surface area contributed by atoms with Crippen molar-refractivity contribution in [2.45, 2.75) is 6.54 Å². The normalized spacial score (nSPS) is 9.12. The number of benzene rings is 1. The van der Waals surface area contributed by atoms with Crippen LogP contribution in [0.2, 0.25) is 5.02 Å². The summed E-state index contributed by atoms with van der Waals surface area (Å²) < 4.78 is 0. The molecule has 0 aliphatic rings. The van der Waals surface area contributed by atoms with Gasteiger partial charge in [0, 0.05) is 22.5 Å². The van der Waals surface area contributed by atoms with E-state index in [-0.39, 0.29) is 24.8 Å². The first-order valence-corrected chi connectivity index (χ1v) is 5.46. The average Bonchev–Trinajstić information content (AvgIpc) is 2.67. The van der Waals surface area contributed by atoms with Gasteiger partial charge in [0.2, 0.25) is 0 Å². The molecule has 2 rings (SSSR count). The molecule has 0 fully saturated rings. The van der Waals surface area contributed by atoms with Crippen molar-refractivity contribution >= 4 is 47.8 Å². The highest BCUT2D eigenvalue weighted by molar-refractivity contribution is 7.09. The largest absolute Gasteiger partial charge is 0.325 e. The lowest BCUT2D eigenvalue weighted by molar-refractivity contribution is 1.04. The first-order chi connectivity index (χ1) is 6.81. The second kappa shape index (κ2) is 7.09. The zero-order chi connectivity index (χ0) is 9.97. The topological polar surface area (TPSA) is 38.9 Å². The van der Waals surface area contributed by atoms with E-state index in [0.717, 1.165) is 21.3 Å². The molecule has 1 aromatic carbocycles. The molecule has 1 aromatic heterocycles. The molecule has 6 heteroatoms. The van der Waals surface area contributed by atoms with Crippen LogP contribution in [0.15, 0.2) is 29.6 Å². The fourth-order valence-corrected chi connectivity index (χ4v) is 2.10. The Morgan fingerprint density at radius 3 is 2.50 bits per heavy atom. The molecule has 0 saturated heterocycles. The summed E-state index contributed by atoms with van der Waals surface area (Å²) in [5.41, 5.74) is 7.36. The molecule has 0 unspecified atom stereocenters. The third-order valence-electron chi connectivity index (χ3n) is 1.88. The van der Waals surface area contributed by atoms with Crippen LogP contribution in [0.25, 0.3) is 11.3 Å². The van der Waals surface area contributed by atoms with Crippen molar-refractivity contribution in [2.75, 3.05) is 0 Å². The zero-order valence-electron chi connectivity index (χ0n) is 8.22. The molecule has 0 bridgehead atoms. The van der Waals surface area contributed by atoms with Gasteiger partial charge in [0.05, 0.1) is 5.69 Å². The van der Waals surface area contributed by atoms with E-state index in [1.165, 1.54) is 0 Å². The molecule has 0 saturated carbocycles. The lowest BCUT2D eigenvalue weighted by Crippen LogP contribution is -1.94. The number of halogens is 3. The van der Waals surface area contributed by atoms with Crippen LogP contribution < -0.4 is 5.73 Å². The van der Waals surface area contributed by atoms with Gasteiger partial charge < -0.3 is 5.73 Å². The number of nitrogens with two attached hydrogens (primary N) is 1. The predicted molar refractivity (Wildman–Crippen MR) is 74.9 cm³/mol.